The number of benzene rings is 1. The van der Waals surface area contributed by atoms with Crippen LogP contribution in [0.4, 0.5) is 5.69 Å². The van der Waals surface area contributed by atoms with Crippen LogP contribution in [0, 0.1) is 0 Å². The van der Waals surface area contributed by atoms with Crippen molar-refractivity contribution in [2.75, 3.05) is 32.0 Å². The van der Waals surface area contributed by atoms with Crippen LogP contribution in [0.15, 0.2) is 22.7 Å². The van der Waals surface area contributed by atoms with Crippen LogP contribution in [0.1, 0.15) is 10.4 Å². The molecule has 0 spiro atoms. The van der Waals surface area contributed by atoms with Crippen LogP contribution in [-0.4, -0.2) is 37.1 Å². The number of hydrogen-bond donors (Lipinski definition) is 1. The van der Waals surface area contributed by atoms with Gasteiger partial charge in [0.05, 0.1) is 18.8 Å². The Kier molecular flexibility index (Phi) is 3.46. The van der Waals surface area contributed by atoms with Crippen molar-refractivity contribution >= 4 is 27.5 Å². The van der Waals surface area contributed by atoms with Crippen molar-refractivity contribution in [3.8, 4) is 0 Å². The first-order valence-electron chi connectivity index (χ1n) is 5.10. The van der Waals surface area contributed by atoms with Gasteiger partial charge in [0.25, 0.3) is 5.91 Å². The van der Waals surface area contributed by atoms with E-state index in [1.165, 1.54) is 0 Å². The van der Waals surface area contributed by atoms with Gasteiger partial charge in [-0.15, -0.1) is 0 Å². The SMILES string of the molecule is Nc1ccc(C(=O)N2CCOCC2)c(Br)c1. The molecule has 86 valence electrons. The molecule has 2 rings (SSSR count). The molecule has 1 amide bonds. The zero-order valence-corrected chi connectivity index (χ0v) is 10.4. The van der Waals surface area contributed by atoms with Crippen molar-refractivity contribution in [3.05, 3.63) is 28.2 Å². The second kappa shape index (κ2) is 4.84. The predicted molar refractivity (Wildman–Crippen MR) is 65.3 cm³/mol. The lowest BCUT2D eigenvalue weighted by atomic mass is 10.2. The number of morpholine rings is 1. The lowest BCUT2D eigenvalue weighted by molar-refractivity contribution is 0.0302. The zero-order chi connectivity index (χ0) is 11.5. The van der Waals surface area contributed by atoms with Crippen molar-refractivity contribution in [1.29, 1.82) is 0 Å². The summed E-state index contributed by atoms with van der Waals surface area (Å²) in [5, 5.41) is 0. The summed E-state index contributed by atoms with van der Waals surface area (Å²) in [6.07, 6.45) is 0. The maximum absolute atomic E-state index is 12.1. The van der Waals surface area contributed by atoms with Crippen molar-refractivity contribution in [2.24, 2.45) is 0 Å². The van der Waals surface area contributed by atoms with Gasteiger partial charge in [-0.2, -0.15) is 0 Å². The van der Waals surface area contributed by atoms with E-state index in [1.54, 1.807) is 23.1 Å². The molecule has 1 aliphatic heterocycles. The first-order chi connectivity index (χ1) is 7.68. The molecule has 0 unspecified atom stereocenters. The summed E-state index contributed by atoms with van der Waals surface area (Å²) < 4.78 is 5.95. The van der Waals surface area contributed by atoms with Gasteiger partial charge in [-0.1, -0.05) is 0 Å². The van der Waals surface area contributed by atoms with Crippen LogP contribution < -0.4 is 5.73 Å². The van der Waals surface area contributed by atoms with E-state index in [2.05, 4.69) is 15.9 Å². The van der Waals surface area contributed by atoms with Crippen molar-refractivity contribution in [2.45, 2.75) is 0 Å². The van der Waals surface area contributed by atoms with Crippen LogP contribution >= 0.6 is 15.9 Å². The monoisotopic (exact) mass is 284 g/mol. The minimum atomic E-state index is 0.0233. The molecule has 4 nitrogen and oxygen atoms in total. The Bertz CT molecular complexity index is 403. The molecular formula is C11H13BrN2O2. The molecule has 0 atom stereocenters. The van der Waals surface area contributed by atoms with Gasteiger partial charge < -0.3 is 15.4 Å². The first-order valence-corrected chi connectivity index (χ1v) is 5.90. The van der Waals surface area contributed by atoms with Crippen LogP contribution in [0.2, 0.25) is 0 Å². The van der Waals surface area contributed by atoms with E-state index in [0.717, 1.165) is 4.47 Å². The fourth-order valence-corrected chi connectivity index (χ4v) is 2.21. The predicted octanol–water partition coefficient (Wildman–Crippen LogP) is 1.50. The van der Waals surface area contributed by atoms with Crippen LogP contribution in [0.5, 0.6) is 0 Å². The number of ether oxygens (including phenoxy) is 1. The molecule has 0 bridgehead atoms. The number of nitrogens with two attached hydrogens (primary N) is 1. The molecule has 0 radical (unpaired) electrons. The van der Waals surface area contributed by atoms with Gasteiger partial charge >= 0.3 is 0 Å². The quantitative estimate of drug-likeness (QED) is 0.796. The number of rotatable bonds is 1. The van der Waals surface area contributed by atoms with E-state index < -0.39 is 0 Å². The van der Waals surface area contributed by atoms with Crippen molar-refractivity contribution in [3.63, 3.8) is 0 Å². The third-order valence-electron chi connectivity index (χ3n) is 2.52. The largest absolute Gasteiger partial charge is 0.399 e. The molecule has 1 aromatic rings. The van der Waals surface area contributed by atoms with E-state index in [9.17, 15) is 4.79 Å². The fraction of sp³-hybridized carbons (Fsp3) is 0.364. The lowest BCUT2D eigenvalue weighted by Gasteiger charge is -2.27. The van der Waals surface area contributed by atoms with E-state index >= 15 is 0 Å². The highest BCUT2D eigenvalue weighted by Crippen LogP contribution is 2.21. The molecule has 0 saturated carbocycles. The Labute approximate surface area is 102 Å². The lowest BCUT2D eigenvalue weighted by Crippen LogP contribution is -2.40. The summed E-state index contributed by atoms with van der Waals surface area (Å²) in [5.41, 5.74) is 6.92. The molecule has 0 aliphatic carbocycles. The molecule has 1 aliphatic rings. The number of anilines is 1. The summed E-state index contributed by atoms with van der Waals surface area (Å²) in [4.78, 5) is 13.9. The minimum absolute atomic E-state index is 0.0233. The van der Waals surface area contributed by atoms with Gasteiger partial charge in [0.15, 0.2) is 0 Å². The number of nitrogens with zero attached hydrogens (tertiary/aromatic N) is 1. The Morgan fingerprint density at radius 1 is 1.38 bits per heavy atom. The summed E-state index contributed by atoms with van der Waals surface area (Å²) >= 11 is 3.36. The first kappa shape index (κ1) is 11.4. The van der Waals surface area contributed by atoms with E-state index in [1.807, 2.05) is 0 Å². The Morgan fingerprint density at radius 3 is 2.69 bits per heavy atom. The molecular weight excluding hydrogens is 272 g/mol. The normalized spacial score (nSPS) is 16.2. The van der Waals surface area contributed by atoms with E-state index in [4.69, 9.17) is 10.5 Å². The number of carbonyl (C=O) groups is 1. The average molecular weight is 285 g/mol. The Balaban J connectivity index is 2.19. The molecule has 16 heavy (non-hydrogen) atoms. The Morgan fingerprint density at radius 2 is 2.06 bits per heavy atom. The number of hydrogen-bond acceptors (Lipinski definition) is 3. The van der Waals surface area contributed by atoms with Crippen LogP contribution in [0.25, 0.3) is 0 Å². The van der Waals surface area contributed by atoms with E-state index in [-0.39, 0.29) is 5.91 Å². The minimum Gasteiger partial charge on any atom is -0.399 e. The molecule has 1 saturated heterocycles. The topological polar surface area (TPSA) is 55.6 Å². The number of halogens is 1. The summed E-state index contributed by atoms with van der Waals surface area (Å²) in [7, 11) is 0. The highest BCUT2D eigenvalue weighted by molar-refractivity contribution is 9.10. The third-order valence-corrected chi connectivity index (χ3v) is 3.18. The highest BCUT2D eigenvalue weighted by Gasteiger charge is 2.20. The van der Waals surface area contributed by atoms with Crippen LogP contribution in [-0.2, 0) is 4.74 Å². The molecule has 1 heterocycles. The standard InChI is InChI=1S/C11H13BrN2O2/c12-10-7-8(13)1-2-9(10)11(15)14-3-5-16-6-4-14/h1-2,7H,3-6,13H2. The number of nitrogen functional groups attached to an aromatic ring is 1. The second-order valence-electron chi connectivity index (χ2n) is 3.64. The Hall–Kier alpha value is -1.07. The molecule has 0 aromatic heterocycles. The second-order valence-corrected chi connectivity index (χ2v) is 4.50. The summed E-state index contributed by atoms with van der Waals surface area (Å²) in [5.74, 6) is 0.0233. The van der Waals surface area contributed by atoms with Gasteiger partial charge in [-0.05, 0) is 34.1 Å². The van der Waals surface area contributed by atoms with Gasteiger partial charge in [0.2, 0.25) is 0 Å². The summed E-state index contributed by atoms with van der Waals surface area (Å²) in [6, 6.07) is 5.23. The van der Waals surface area contributed by atoms with Crippen LogP contribution in [0.3, 0.4) is 0 Å². The van der Waals surface area contributed by atoms with E-state index in [0.29, 0.717) is 37.6 Å². The smallest absolute Gasteiger partial charge is 0.255 e. The fourth-order valence-electron chi connectivity index (χ4n) is 1.64. The molecule has 5 heteroatoms. The zero-order valence-electron chi connectivity index (χ0n) is 8.78. The van der Waals surface area contributed by atoms with Crippen molar-refractivity contribution in [1.82, 2.24) is 4.90 Å². The third kappa shape index (κ3) is 2.36. The van der Waals surface area contributed by atoms with Gasteiger partial charge in [-0.25, -0.2) is 0 Å². The van der Waals surface area contributed by atoms with Gasteiger partial charge in [0.1, 0.15) is 0 Å². The van der Waals surface area contributed by atoms with Crippen molar-refractivity contribution < 1.29 is 9.53 Å². The maximum Gasteiger partial charge on any atom is 0.255 e. The van der Waals surface area contributed by atoms with Gasteiger partial charge in [-0.3, -0.25) is 4.79 Å². The number of carbonyl (C=O) groups excluding carboxylic acids is 1. The summed E-state index contributed by atoms with van der Waals surface area (Å²) in [6.45, 7) is 2.52. The average Bonchev–Trinajstić information content (AvgIpc) is 2.29. The highest BCUT2D eigenvalue weighted by atomic mass is 79.9. The number of amides is 1. The van der Waals surface area contributed by atoms with Gasteiger partial charge in [0, 0.05) is 23.2 Å². The molecule has 2 N–H and O–H groups in total. The maximum atomic E-state index is 12.1. The molecule has 1 fully saturated rings. The molecule has 1 aromatic carbocycles.